The Kier molecular flexibility index (Phi) is 5.50. The third-order valence-electron chi connectivity index (χ3n) is 4.79. The van der Waals surface area contributed by atoms with Gasteiger partial charge in [0.1, 0.15) is 5.75 Å². The molecule has 142 valence electrons. The number of carbonyl (C=O) groups excluding carboxylic acids is 2. The van der Waals surface area contributed by atoms with Crippen molar-refractivity contribution < 1.29 is 22.7 Å². The molecule has 0 aliphatic carbocycles. The average Bonchev–Trinajstić information content (AvgIpc) is 2.88. The number of benzene rings is 1. The molecule has 7 nitrogen and oxygen atoms in total. The van der Waals surface area contributed by atoms with Gasteiger partial charge in [-0.15, -0.1) is 0 Å². The normalized spacial score (nSPS) is 17.7. The van der Waals surface area contributed by atoms with Gasteiger partial charge in [-0.1, -0.05) is 12.8 Å². The van der Waals surface area contributed by atoms with Gasteiger partial charge in [-0.2, -0.15) is 0 Å². The molecule has 2 aliphatic heterocycles. The third kappa shape index (κ3) is 4.17. The summed E-state index contributed by atoms with van der Waals surface area (Å²) in [5.74, 6) is -0.258. The number of anilines is 1. The van der Waals surface area contributed by atoms with E-state index in [0.717, 1.165) is 25.7 Å². The summed E-state index contributed by atoms with van der Waals surface area (Å²) < 4.78 is 30.8. The molecule has 1 fully saturated rings. The Hall–Kier alpha value is -2.09. The van der Waals surface area contributed by atoms with Crippen LogP contribution in [0.4, 0.5) is 5.69 Å². The van der Waals surface area contributed by atoms with Crippen LogP contribution in [0, 0.1) is 6.92 Å². The summed E-state index contributed by atoms with van der Waals surface area (Å²) in [5.41, 5.74) is 0.995. The lowest BCUT2D eigenvalue weighted by atomic mass is 10.2. The van der Waals surface area contributed by atoms with E-state index in [1.165, 1.54) is 6.07 Å². The zero-order valence-corrected chi connectivity index (χ0v) is 15.7. The number of hydrogen-bond donors (Lipinski definition) is 1. The van der Waals surface area contributed by atoms with Crippen LogP contribution in [0.2, 0.25) is 0 Å². The predicted molar refractivity (Wildman–Crippen MR) is 97.0 cm³/mol. The van der Waals surface area contributed by atoms with Gasteiger partial charge in [0.15, 0.2) is 16.4 Å². The minimum absolute atomic E-state index is 0.0174. The second-order valence-corrected chi connectivity index (χ2v) is 8.89. The van der Waals surface area contributed by atoms with Crippen LogP contribution in [-0.4, -0.2) is 50.6 Å². The van der Waals surface area contributed by atoms with Crippen LogP contribution in [-0.2, 0) is 19.4 Å². The summed E-state index contributed by atoms with van der Waals surface area (Å²) in [7, 11) is -3.62. The van der Waals surface area contributed by atoms with E-state index in [4.69, 9.17) is 4.74 Å². The first-order chi connectivity index (χ1) is 12.4. The summed E-state index contributed by atoms with van der Waals surface area (Å²) in [6, 6.07) is 3.03. The van der Waals surface area contributed by atoms with E-state index >= 15 is 0 Å². The number of nitrogens with one attached hydrogen (secondary N) is 1. The minimum Gasteiger partial charge on any atom is -0.482 e. The van der Waals surface area contributed by atoms with Crippen molar-refractivity contribution >= 4 is 27.3 Å². The van der Waals surface area contributed by atoms with Crippen LogP contribution in [0.25, 0.3) is 0 Å². The molecule has 0 bridgehead atoms. The second kappa shape index (κ2) is 7.65. The van der Waals surface area contributed by atoms with Gasteiger partial charge >= 0.3 is 0 Å². The maximum atomic E-state index is 12.7. The maximum Gasteiger partial charge on any atom is 0.262 e. The molecular weight excluding hydrogens is 356 g/mol. The van der Waals surface area contributed by atoms with Crippen molar-refractivity contribution in [3.8, 4) is 5.75 Å². The average molecular weight is 380 g/mol. The maximum absolute atomic E-state index is 12.7. The van der Waals surface area contributed by atoms with Gasteiger partial charge in [-0.3, -0.25) is 9.59 Å². The highest BCUT2D eigenvalue weighted by atomic mass is 32.2. The molecule has 1 N–H and O–H groups in total. The van der Waals surface area contributed by atoms with Crippen molar-refractivity contribution in [2.75, 3.05) is 30.8 Å². The number of amides is 2. The molecule has 0 unspecified atom stereocenters. The van der Waals surface area contributed by atoms with Gasteiger partial charge < -0.3 is 15.0 Å². The quantitative estimate of drug-likeness (QED) is 0.861. The fraction of sp³-hybridized carbons (Fsp3) is 0.556. The highest BCUT2D eigenvalue weighted by Gasteiger charge is 2.25. The molecule has 1 saturated heterocycles. The van der Waals surface area contributed by atoms with Gasteiger partial charge in [-0.25, -0.2) is 8.42 Å². The van der Waals surface area contributed by atoms with Gasteiger partial charge in [0.05, 0.1) is 16.3 Å². The molecule has 1 aromatic rings. The van der Waals surface area contributed by atoms with Gasteiger partial charge in [0, 0.05) is 25.6 Å². The molecule has 2 heterocycles. The summed E-state index contributed by atoms with van der Waals surface area (Å²) >= 11 is 0. The standard InChI is InChI=1S/C18H24N2O5S/c1-13-10-14-15(25-12-17(21)19-14)11-16(13)26(23,24)9-6-18(22)20-7-4-2-3-5-8-20/h10-11H,2-9,12H2,1H3,(H,19,21). The van der Waals surface area contributed by atoms with Crippen LogP contribution in [0.5, 0.6) is 5.75 Å². The lowest BCUT2D eigenvalue weighted by molar-refractivity contribution is -0.130. The lowest BCUT2D eigenvalue weighted by Crippen LogP contribution is -2.33. The van der Waals surface area contributed by atoms with Gasteiger partial charge in [0.25, 0.3) is 5.91 Å². The molecule has 3 rings (SSSR count). The number of sulfone groups is 1. The van der Waals surface area contributed by atoms with E-state index in [1.807, 2.05) is 0 Å². The van der Waals surface area contributed by atoms with Crippen molar-refractivity contribution in [2.45, 2.75) is 43.9 Å². The Balaban J connectivity index is 1.72. The van der Waals surface area contributed by atoms with Crippen molar-refractivity contribution in [3.05, 3.63) is 17.7 Å². The number of carbonyl (C=O) groups is 2. The predicted octanol–water partition coefficient (Wildman–Crippen LogP) is 1.89. The molecule has 2 amide bonds. The van der Waals surface area contributed by atoms with E-state index in [1.54, 1.807) is 17.9 Å². The zero-order valence-electron chi connectivity index (χ0n) is 14.9. The molecular formula is C18H24N2O5S. The smallest absolute Gasteiger partial charge is 0.262 e. The summed E-state index contributed by atoms with van der Waals surface area (Å²) in [5, 5.41) is 2.66. The first kappa shape index (κ1) is 18.7. The molecule has 0 spiro atoms. The highest BCUT2D eigenvalue weighted by Crippen LogP contribution is 2.33. The largest absolute Gasteiger partial charge is 0.482 e. The molecule has 0 saturated carbocycles. The van der Waals surface area contributed by atoms with E-state index in [0.29, 0.717) is 30.1 Å². The second-order valence-electron chi connectivity index (χ2n) is 6.81. The summed E-state index contributed by atoms with van der Waals surface area (Å²) in [6.45, 7) is 2.96. The Morgan fingerprint density at radius 1 is 1.19 bits per heavy atom. The van der Waals surface area contributed by atoms with Crippen LogP contribution in [0.3, 0.4) is 0 Å². The van der Waals surface area contributed by atoms with Crippen molar-refractivity contribution in [1.29, 1.82) is 0 Å². The lowest BCUT2D eigenvalue weighted by Gasteiger charge is -2.21. The molecule has 0 aromatic heterocycles. The number of likely N-dealkylation sites (tertiary alicyclic amines) is 1. The number of aryl methyl sites for hydroxylation is 1. The number of fused-ring (bicyclic) bond motifs is 1. The van der Waals surface area contributed by atoms with Crippen LogP contribution >= 0.6 is 0 Å². The molecule has 2 aliphatic rings. The Labute approximate surface area is 153 Å². The van der Waals surface area contributed by atoms with Gasteiger partial charge in [0.2, 0.25) is 5.91 Å². The van der Waals surface area contributed by atoms with E-state index in [2.05, 4.69) is 5.32 Å². The topological polar surface area (TPSA) is 92.8 Å². The van der Waals surface area contributed by atoms with Crippen LogP contribution in [0.1, 0.15) is 37.7 Å². The van der Waals surface area contributed by atoms with E-state index in [-0.39, 0.29) is 35.5 Å². The Bertz CT molecular complexity index is 811. The van der Waals surface area contributed by atoms with Crippen molar-refractivity contribution in [3.63, 3.8) is 0 Å². The van der Waals surface area contributed by atoms with Gasteiger partial charge in [-0.05, 0) is 31.4 Å². The molecule has 26 heavy (non-hydrogen) atoms. The summed E-state index contributed by atoms with van der Waals surface area (Å²) in [4.78, 5) is 25.7. The minimum atomic E-state index is -3.62. The molecule has 1 aromatic carbocycles. The molecule has 0 atom stereocenters. The van der Waals surface area contributed by atoms with Crippen molar-refractivity contribution in [1.82, 2.24) is 4.90 Å². The van der Waals surface area contributed by atoms with Crippen molar-refractivity contribution in [2.24, 2.45) is 0 Å². The van der Waals surface area contributed by atoms with E-state index in [9.17, 15) is 18.0 Å². The third-order valence-corrected chi connectivity index (χ3v) is 6.64. The fourth-order valence-electron chi connectivity index (χ4n) is 3.36. The van der Waals surface area contributed by atoms with E-state index < -0.39 is 9.84 Å². The monoisotopic (exact) mass is 380 g/mol. The fourth-order valence-corrected chi connectivity index (χ4v) is 4.86. The molecule has 8 heteroatoms. The molecule has 0 radical (unpaired) electrons. The SMILES string of the molecule is Cc1cc2c(cc1S(=O)(=O)CCC(=O)N1CCCCCC1)OCC(=O)N2. The highest BCUT2D eigenvalue weighted by molar-refractivity contribution is 7.91. The van der Waals surface area contributed by atoms with Crippen LogP contribution in [0.15, 0.2) is 17.0 Å². The first-order valence-electron chi connectivity index (χ1n) is 8.95. The number of rotatable bonds is 4. The number of nitrogens with zero attached hydrogens (tertiary/aromatic N) is 1. The first-order valence-corrected chi connectivity index (χ1v) is 10.6. The van der Waals surface area contributed by atoms with Crippen LogP contribution < -0.4 is 10.1 Å². The Morgan fingerprint density at radius 2 is 1.88 bits per heavy atom. The summed E-state index contributed by atoms with van der Waals surface area (Å²) in [6.07, 6.45) is 4.17. The Morgan fingerprint density at radius 3 is 2.58 bits per heavy atom. The number of hydrogen-bond acceptors (Lipinski definition) is 5. The zero-order chi connectivity index (χ0) is 18.7. The number of ether oxygens (including phenoxy) is 1.